The van der Waals surface area contributed by atoms with Gasteiger partial charge in [0.1, 0.15) is 0 Å². The van der Waals surface area contributed by atoms with Gasteiger partial charge in [-0.3, -0.25) is 0 Å². The van der Waals surface area contributed by atoms with E-state index in [1.165, 1.54) is 11.4 Å². The van der Waals surface area contributed by atoms with E-state index in [1.54, 1.807) is 0 Å². The Labute approximate surface area is 134 Å². The van der Waals surface area contributed by atoms with Crippen LogP contribution in [-0.4, -0.2) is 26.1 Å². The topological polar surface area (TPSA) is 33.1 Å². The van der Waals surface area contributed by atoms with Crippen molar-refractivity contribution < 1.29 is 0 Å². The fourth-order valence-electron chi connectivity index (χ4n) is 2.55. The molecule has 110 valence electrons. The zero-order valence-corrected chi connectivity index (χ0v) is 13.6. The molecular formula is C15H17ClN4S. The number of halogens is 1. The van der Waals surface area contributed by atoms with E-state index in [4.69, 9.17) is 23.8 Å². The number of imidazole rings is 1. The van der Waals surface area contributed by atoms with Gasteiger partial charge in [0, 0.05) is 30.7 Å². The highest BCUT2D eigenvalue weighted by Crippen LogP contribution is 2.22. The van der Waals surface area contributed by atoms with Gasteiger partial charge < -0.3 is 14.8 Å². The molecule has 2 heterocycles. The maximum Gasteiger partial charge on any atom is 0.173 e. The number of nitrogens with one attached hydrogen (secondary N) is 1. The molecule has 0 atom stereocenters. The van der Waals surface area contributed by atoms with Gasteiger partial charge in [-0.05, 0) is 42.9 Å². The number of rotatable bonds is 1. The average Bonchev–Trinajstić information content (AvgIpc) is 2.83. The largest absolute Gasteiger partial charge is 0.343 e. The summed E-state index contributed by atoms with van der Waals surface area (Å²) in [6.45, 7) is 3.71. The first kappa shape index (κ1) is 14.4. The molecule has 1 aromatic heterocycles. The van der Waals surface area contributed by atoms with Crippen LogP contribution in [0.25, 0.3) is 0 Å². The standard InChI is InChI=1S/C15H17ClN4S/c1-10-7-11(16)3-4-12(10)18-15(21)20-6-5-13-14(8-20)19(2)9-17-13/h3-4,7,9H,5-6,8H2,1-2H3,(H,18,21). The van der Waals surface area contributed by atoms with Crippen LogP contribution in [0.1, 0.15) is 17.0 Å². The zero-order chi connectivity index (χ0) is 15.0. The van der Waals surface area contributed by atoms with E-state index in [0.717, 1.165) is 40.9 Å². The highest BCUT2D eigenvalue weighted by molar-refractivity contribution is 7.80. The summed E-state index contributed by atoms with van der Waals surface area (Å²) in [7, 11) is 2.02. The van der Waals surface area contributed by atoms with Crippen LogP contribution in [0.5, 0.6) is 0 Å². The summed E-state index contributed by atoms with van der Waals surface area (Å²) >= 11 is 11.5. The lowest BCUT2D eigenvalue weighted by Gasteiger charge is -2.30. The third-order valence-electron chi connectivity index (χ3n) is 3.82. The molecule has 0 aliphatic carbocycles. The van der Waals surface area contributed by atoms with Crippen molar-refractivity contribution in [2.45, 2.75) is 19.9 Å². The molecular weight excluding hydrogens is 304 g/mol. The van der Waals surface area contributed by atoms with E-state index < -0.39 is 0 Å². The smallest absolute Gasteiger partial charge is 0.173 e. The van der Waals surface area contributed by atoms with Crippen molar-refractivity contribution in [2.75, 3.05) is 11.9 Å². The predicted molar refractivity (Wildman–Crippen MR) is 89.7 cm³/mol. The molecule has 0 saturated heterocycles. The Bertz CT molecular complexity index is 695. The van der Waals surface area contributed by atoms with Gasteiger partial charge in [0.15, 0.2) is 5.11 Å². The summed E-state index contributed by atoms with van der Waals surface area (Å²) in [4.78, 5) is 6.59. The number of aryl methyl sites for hydroxylation is 2. The summed E-state index contributed by atoms with van der Waals surface area (Å²) in [5.74, 6) is 0. The van der Waals surface area contributed by atoms with Gasteiger partial charge in [0.05, 0.1) is 24.3 Å². The van der Waals surface area contributed by atoms with Crippen LogP contribution < -0.4 is 5.32 Å². The molecule has 4 nitrogen and oxygen atoms in total. The summed E-state index contributed by atoms with van der Waals surface area (Å²) in [6.07, 6.45) is 2.80. The number of aromatic nitrogens is 2. The van der Waals surface area contributed by atoms with E-state index in [0.29, 0.717) is 0 Å². The molecule has 2 aromatic rings. The lowest BCUT2D eigenvalue weighted by Crippen LogP contribution is -2.39. The Morgan fingerprint density at radius 2 is 2.24 bits per heavy atom. The normalized spacial score (nSPS) is 14.0. The first-order chi connectivity index (χ1) is 10.0. The Hall–Kier alpha value is -1.59. The van der Waals surface area contributed by atoms with Crippen molar-refractivity contribution >= 4 is 34.6 Å². The van der Waals surface area contributed by atoms with Gasteiger partial charge in [-0.1, -0.05) is 11.6 Å². The molecule has 0 bridgehead atoms. The summed E-state index contributed by atoms with van der Waals surface area (Å²) in [6, 6.07) is 5.76. The van der Waals surface area contributed by atoms with Crippen LogP contribution in [0.2, 0.25) is 5.02 Å². The van der Waals surface area contributed by atoms with E-state index in [9.17, 15) is 0 Å². The molecule has 21 heavy (non-hydrogen) atoms. The molecule has 3 rings (SSSR count). The minimum Gasteiger partial charge on any atom is -0.343 e. The average molecular weight is 321 g/mol. The summed E-state index contributed by atoms with van der Waals surface area (Å²) < 4.78 is 2.07. The molecule has 1 aliphatic rings. The quantitative estimate of drug-likeness (QED) is 0.818. The Balaban J connectivity index is 1.73. The molecule has 0 fully saturated rings. The molecule has 0 radical (unpaired) electrons. The van der Waals surface area contributed by atoms with Crippen LogP contribution in [0, 0.1) is 6.92 Å². The molecule has 0 unspecified atom stereocenters. The van der Waals surface area contributed by atoms with E-state index >= 15 is 0 Å². The maximum absolute atomic E-state index is 5.98. The van der Waals surface area contributed by atoms with Crippen LogP contribution in [0.4, 0.5) is 5.69 Å². The molecule has 6 heteroatoms. The monoisotopic (exact) mass is 320 g/mol. The zero-order valence-electron chi connectivity index (χ0n) is 12.1. The second kappa shape index (κ2) is 5.66. The SMILES string of the molecule is Cc1cc(Cl)ccc1NC(=S)N1CCc2ncn(C)c2C1. The van der Waals surface area contributed by atoms with Crippen molar-refractivity contribution in [3.05, 3.63) is 46.5 Å². The van der Waals surface area contributed by atoms with Gasteiger partial charge in [0.2, 0.25) is 0 Å². The first-order valence-electron chi connectivity index (χ1n) is 6.86. The maximum atomic E-state index is 5.98. The second-order valence-corrected chi connectivity index (χ2v) is 6.13. The van der Waals surface area contributed by atoms with E-state index in [-0.39, 0.29) is 0 Å². The van der Waals surface area contributed by atoms with Gasteiger partial charge in [0.25, 0.3) is 0 Å². The molecule has 0 amide bonds. The first-order valence-corrected chi connectivity index (χ1v) is 7.64. The van der Waals surface area contributed by atoms with Crippen LogP contribution in [0.3, 0.4) is 0 Å². The van der Waals surface area contributed by atoms with Gasteiger partial charge in [-0.2, -0.15) is 0 Å². The number of fused-ring (bicyclic) bond motifs is 1. The Morgan fingerprint density at radius 3 is 3.00 bits per heavy atom. The molecule has 1 N–H and O–H groups in total. The predicted octanol–water partition coefficient (Wildman–Crippen LogP) is 3.14. The summed E-state index contributed by atoms with van der Waals surface area (Å²) in [5.41, 5.74) is 4.50. The van der Waals surface area contributed by atoms with Gasteiger partial charge in [-0.15, -0.1) is 0 Å². The number of thiocarbonyl (C=S) groups is 1. The number of benzene rings is 1. The number of hydrogen-bond acceptors (Lipinski definition) is 2. The number of anilines is 1. The third kappa shape index (κ3) is 2.89. The third-order valence-corrected chi connectivity index (χ3v) is 4.42. The molecule has 1 aromatic carbocycles. The fraction of sp³-hybridized carbons (Fsp3) is 0.333. The van der Waals surface area contributed by atoms with Crippen LogP contribution in [0.15, 0.2) is 24.5 Å². The van der Waals surface area contributed by atoms with Gasteiger partial charge >= 0.3 is 0 Å². The lowest BCUT2D eigenvalue weighted by atomic mass is 10.1. The van der Waals surface area contributed by atoms with Crippen LogP contribution >= 0.6 is 23.8 Å². The molecule has 0 spiro atoms. The van der Waals surface area contributed by atoms with E-state index in [1.807, 2.05) is 38.5 Å². The highest BCUT2D eigenvalue weighted by Gasteiger charge is 2.21. The minimum atomic E-state index is 0.737. The van der Waals surface area contributed by atoms with Crippen LogP contribution in [-0.2, 0) is 20.0 Å². The van der Waals surface area contributed by atoms with Crippen molar-refractivity contribution in [3.63, 3.8) is 0 Å². The second-order valence-electron chi connectivity index (χ2n) is 5.31. The Kier molecular flexibility index (Phi) is 3.87. The fourth-order valence-corrected chi connectivity index (χ4v) is 3.04. The molecule has 1 aliphatic heterocycles. The van der Waals surface area contributed by atoms with Crippen molar-refractivity contribution in [1.82, 2.24) is 14.5 Å². The Morgan fingerprint density at radius 1 is 1.43 bits per heavy atom. The van der Waals surface area contributed by atoms with Crippen molar-refractivity contribution in [1.29, 1.82) is 0 Å². The highest BCUT2D eigenvalue weighted by atomic mass is 35.5. The minimum absolute atomic E-state index is 0.737. The molecule has 0 saturated carbocycles. The van der Waals surface area contributed by atoms with Crippen molar-refractivity contribution in [2.24, 2.45) is 7.05 Å². The lowest BCUT2D eigenvalue weighted by molar-refractivity contribution is 0.385. The summed E-state index contributed by atoms with van der Waals surface area (Å²) in [5, 5.41) is 4.80. The number of nitrogens with zero attached hydrogens (tertiary/aromatic N) is 3. The van der Waals surface area contributed by atoms with Gasteiger partial charge in [-0.25, -0.2) is 4.98 Å². The van der Waals surface area contributed by atoms with E-state index in [2.05, 4.69) is 19.8 Å². The van der Waals surface area contributed by atoms with Crippen molar-refractivity contribution in [3.8, 4) is 0 Å². The number of hydrogen-bond donors (Lipinski definition) is 1.